The molecule has 8 nitrogen and oxygen atoms in total. The van der Waals surface area contributed by atoms with Gasteiger partial charge in [0.1, 0.15) is 12.1 Å². The molecule has 1 aliphatic carbocycles. The van der Waals surface area contributed by atoms with Crippen LogP contribution in [0.4, 0.5) is 4.79 Å². The molecule has 1 heterocycles. The fourth-order valence-corrected chi connectivity index (χ4v) is 4.05. The van der Waals surface area contributed by atoms with Crippen LogP contribution in [0, 0.1) is 11.8 Å². The van der Waals surface area contributed by atoms with Crippen molar-refractivity contribution in [1.29, 1.82) is 0 Å². The van der Waals surface area contributed by atoms with Gasteiger partial charge in [0, 0.05) is 6.04 Å². The number of imide groups is 1. The fourth-order valence-electron chi connectivity index (χ4n) is 4.05. The Labute approximate surface area is 166 Å². The highest BCUT2D eigenvalue weighted by molar-refractivity contribution is 6.08. The third kappa shape index (κ3) is 4.47. The Bertz CT molecular complexity index is 631. The van der Waals surface area contributed by atoms with Gasteiger partial charge in [-0.2, -0.15) is 0 Å². The first-order valence-electron chi connectivity index (χ1n) is 10.3. The maximum Gasteiger partial charge on any atom is 0.327 e. The Balaban J connectivity index is 1.89. The van der Waals surface area contributed by atoms with E-state index in [0.717, 1.165) is 24.2 Å². The number of hydrogen-bond donors (Lipinski definition) is 2. The number of hydrogen-bond acceptors (Lipinski definition) is 5. The monoisotopic (exact) mass is 395 g/mol. The summed E-state index contributed by atoms with van der Waals surface area (Å²) in [6.07, 6.45) is 3.03. The van der Waals surface area contributed by atoms with Gasteiger partial charge in [0.05, 0.1) is 0 Å². The van der Waals surface area contributed by atoms with Crippen molar-refractivity contribution in [3.63, 3.8) is 0 Å². The SMILES string of the molecule is CCC1(CC)NC(=O)N(CC(=O)O[C@H](C)C(=O)N[C@@H]2CCC[C@H](C)[C@@H]2C)C1=O. The van der Waals surface area contributed by atoms with E-state index in [1.165, 1.54) is 6.92 Å². The average molecular weight is 396 g/mol. The molecule has 2 rings (SSSR count). The highest BCUT2D eigenvalue weighted by atomic mass is 16.5. The highest BCUT2D eigenvalue weighted by Crippen LogP contribution is 2.29. The van der Waals surface area contributed by atoms with Crippen LogP contribution in [-0.2, 0) is 19.1 Å². The zero-order valence-electron chi connectivity index (χ0n) is 17.5. The molecular formula is C20H33N3O5. The molecule has 158 valence electrons. The summed E-state index contributed by atoms with van der Waals surface area (Å²) in [6, 6.07) is -0.536. The van der Waals surface area contributed by atoms with Crippen molar-refractivity contribution in [2.45, 2.75) is 84.4 Å². The molecule has 2 fully saturated rings. The Morgan fingerprint density at radius 3 is 2.46 bits per heavy atom. The summed E-state index contributed by atoms with van der Waals surface area (Å²) in [5.41, 5.74) is -0.964. The lowest BCUT2D eigenvalue weighted by Gasteiger charge is -2.35. The van der Waals surface area contributed by atoms with Crippen LogP contribution in [0.15, 0.2) is 0 Å². The second-order valence-electron chi connectivity index (χ2n) is 8.13. The van der Waals surface area contributed by atoms with Crippen LogP contribution in [0.1, 0.15) is 66.7 Å². The van der Waals surface area contributed by atoms with Gasteiger partial charge in [-0.15, -0.1) is 0 Å². The van der Waals surface area contributed by atoms with E-state index in [4.69, 9.17) is 4.74 Å². The lowest BCUT2D eigenvalue weighted by molar-refractivity contribution is -0.157. The summed E-state index contributed by atoms with van der Waals surface area (Å²) < 4.78 is 5.18. The van der Waals surface area contributed by atoms with Crippen LogP contribution in [0.5, 0.6) is 0 Å². The van der Waals surface area contributed by atoms with Gasteiger partial charge in [-0.25, -0.2) is 4.79 Å². The minimum Gasteiger partial charge on any atom is -0.451 e. The van der Waals surface area contributed by atoms with E-state index in [1.807, 2.05) is 13.8 Å². The first kappa shape index (κ1) is 22.2. The van der Waals surface area contributed by atoms with Gasteiger partial charge in [-0.3, -0.25) is 19.3 Å². The Morgan fingerprint density at radius 1 is 1.25 bits per heavy atom. The third-order valence-corrected chi connectivity index (χ3v) is 6.45. The lowest BCUT2D eigenvalue weighted by atomic mass is 9.78. The van der Waals surface area contributed by atoms with Crippen molar-refractivity contribution in [2.24, 2.45) is 11.8 Å². The summed E-state index contributed by atoms with van der Waals surface area (Å²) in [6.45, 7) is 8.92. The van der Waals surface area contributed by atoms with E-state index in [1.54, 1.807) is 0 Å². The van der Waals surface area contributed by atoms with Crippen molar-refractivity contribution in [2.75, 3.05) is 6.54 Å². The number of carbonyl (C=O) groups is 4. The largest absolute Gasteiger partial charge is 0.451 e. The molecule has 1 saturated heterocycles. The molecule has 28 heavy (non-hydrogen) atoms. The molecule has 0 unspecified atom stereocenters. The van der Waals surface area contributed by atoms with Crippen molar-refractivity contribution in [3.8, 4) is 0 Å². The number of ether oxygens (including phenoxy) is 1. The molecule has 4 amide bonds. The highest BCUT2D eigenvalue weighted by Gasteiger charge is 2.49. The van der Waals surface area contributed by atoms with E-state index >= 15 is 0 Å². The smallest absolute Gasteiger partial charge is 0.327 e. The van der Waals surface area contributed by atoms with E-state index in [0.29, 0.717) is 24.7 Å². The Hall–Kier alpha value is -2.12. The first-order valence-corrected chi connectivity index (χ1v) is 10.3. The average Bonchev–Trinajstić information content (AvgIpc) is 2.89. The van der Waals surface area contributed by atoms with E-state index in [9.17, 15) is 19.2 Å². The molecule has 1 saturated carbocycles. The van der Waals surface area contributed by atoms with Gasteiger partial charge >= 0.3 is 12.0 Å². The number of rotatable bonds is 7. The molecule has 0 spiro atoms. The summed E-state index contributed by atoms with van der Waals surface area (Å²) in [5, 5.41) is 5.63. The number of urea groups is 1. The quantitative estimate of drug-likeness (QED) is 0.506. The minimum absolute atomic E-state index is 0.0677. The van der Waals surface area contributed by atoms with Gasteiger partial charge in [-0.1, -0.05) is 40.5 Å². The van der Waals surface area contributed by atoms with E-state index in [2.05, 4.69) is 24.5 Å². The van der Waals surface area contributed by atoms with Gasteiger partial charge in [-0.05, 0) is 38.0 Å². The zero-order chi connectivity index (χ0) is 21.1. The van der Waals surface area contributed by atoms with Crippen LogP contribution in [0.25, 0.3) is 0 Å². The fraction of sp³-hybridized carbons (Fsp3) is 0.800. The van der Waals surface area contributed by atoms with Crippen molar-refractivity contribution < 1.29 is 23.9 Å². The molecule has 2 aliphatic rings. The Kier molecular flexibility index (Phi) is 7.06. The Morgan fingerprint density at radius 2 is 1.89 bits per heavy atom. The van der Waals surface area contributed by atoms with Crippen LogP contribution < -0.4 is 10.6 Å². The van der Waals surface area contributed by atoms with Gasteiger partial charge < -0.3 is 15.4 Å². The van der Waals surface area contributed by atoms with Gasteiger partial charge in [0.25, 0.3) is 11.8 Å². The van der Waals surface area contributed by atoms with Gasteiger partial charge in [0.2, 0.25) is 0 Å². The topological polar surface area (TPSA) is 105 Å². The predicted octanol–water partition coefficient (Wildman–Crippen LogP) is 1.97. The number of esters is 1. The zero-order valence-corrected chi connectivity index (χ0v) is 17.5. The van der Waals surface area contributed by atoms with Gasteiger partial charge in [0.15, 0.2) is 6.10 Å². The first-order chi connectivity index (χ1) is 13.1. The molecule has 8 heteroatoms. The molecular weight excluding hydrogens is 362 g/mol. The van der Waals surface area contributed by atoms with Crippen molar-refractivity contribution in [3.05, 3.63) is 0 Å². The standard InChI is InChI=1S/C20H33N3O5/c1-6-20(7-2)18(26)23(19(27)22-20)11-16(24)28-14(5)17(25)21-15-10-8-9-12(3)13(15)4/h12-15H,6-11H2,1-5H3,(H,21,25)(H,22,27)/t12-,13-,14+,15+/m0/s1. The molecule has 0 aromatic carbocycles. The molecule has 0 radical (unpaired) electrons. The summed E-state index contributed by atoms with van der Waals surface area (Å²) in [5.74, 6) is -0.662. The molecule has 4 atom stereocenters. The summed E-state index contributed by atoms with van der Waals surface area (Å²) in [7, 11) is 0. The predicted molar refractivity (Wildman–Crippen MR) is 103 cm³/mol. The summed E-state index contributed by atoms with van der Waals surface area (Å²) >= 11 is 0. The maximum atomic E-state index is 12.5. The number of carbonyl (C=O) groups excluding carboxylic acids is 4. The van der Waals surface area contributed by atoms with Crippen LogP contribution >= 0.6 is 0 Å². The molecule has 0 aromatic heterocycles. The minimum atomic E-state index is -0.986. The van der Waals surface area contributed by atoms with Crippen molar-refractivity contribution in [1.82, 2.24) is 15.5 Å². The molecule has 0 aromatic rings. The molecule has 1 aliphatic heterocycles. The van der Waals surface area contributed by atoms with E-state index in [-0.39, 0.29) is 11.9 Å². The normalized spacial score (nSPS) is 27.9. The second kappa shape index (κ2) is 8.92. The third-order valence-electron chi connectivity index (χ3n) is 6.45. The number of amides is 4. The van der Waals surface area contributed by atoms with Crippen LogP contribution in [0.2, 0.25) is 0 Å². The lowest BCUT2D eigenvalue weighted by Crippen LogP contribution is -2.48. The molecule has 0 bridgehead atoms. The summed E-state index contributed by atoms with van der Waals surface area (Å²) in [4.78, 5) is 50.2. The maximum absolute atomic E-state index is 12.5. The number of nitrogens with zero attached hydrogens (tertiary/aromatic N) is 1. The second-order valence-corrected chi connectivity index (χ2v) is 8.13. The number of nitrogens with one attached hydrogen (secondary N) is 2. The van der Waals surface area contributed by atoms with E-state index < -0.39 is 36.1 Å². The molecule has 2 N–H and O–H groups in total. The van der Waals surface area contributed by atoms with Crippen LogP contribution in [0.3, 0.4) is 0 Å². The van der Waals surface area contributed by atoms with Crippen LogP contribution in [-0.4, -0.2) is 52.9 Å². The van der Waals surface area contributed by atoms with Crippen molar-refractivity contribution >= 4 is 23.8 Å².